The third-order valence-corrected chi connectivity index (χ3v) is 8.64. The predicted octanol–water partition coefficient (Wildman–Crippen LogP) is 4.97. The van der Waals surface area contributed by atoms with E-state index in [1.54, 1.807) is 18.3 Å². The van der Waals surface area contributed by atoms with Crippen molar-refractivity contribution in [2.24, 2.45) is 16.9 Å². The molecular weight excluding hydrogens is 498 g/mol. The fraction of sp³-hybridized carbons (Fsp3) is 0.176. The number of para-hydroxylation sites is 1. The van der Waals surface area contributed by atoms with Crippen LogP contribution in [0.2, 0.25) is 0 Å². The van der Waals surface area contributed by atoms with Gasteiger partial charge in [-0.3, -0.25) is 14.4 Å². The molecule has 0 spiro atoms. The average molecular weight is 526 g/mol. The molecule has 1 N–H and O–H groups in total. The van der Waals surface area contributed by atoms with Crippen molar-refractivity contribution in [3.8, 4) is 0 Å². The van der Waals surface area contributed by atoms with Gasteiger partial charge < -0.3 is 0 Å². The van der Waals surface area contributed by atoms with E-state index >= 15 is 0 Å². The van der Waals surface area contributed by atoms with Crippen molar-refractivity contribution in [1.29, 1.82) is 0 Å². The smallest absolute Gasteiger partial charge is 0.240 e. The summed E-state index contributed by atoms with van der Waals surface area (Å²) in [5.74, 6) is -2.13. The number of carbonyl (C=O) groups excluding carboxylic acids is 3. The van der Waals surface area contributed by atoms with Crippen LogP contribution in [0.1, 0.15) is 40.2 Å². The van der Waals surface area contributed by atoms with Gasteiger partial charge in [-0.25, -0.2) is 10.3 Å². The first-order chi connectivity index (χ1) is 19.6. The Labute approximate surface area is 232 Å². The van der Waals surface area contributed by atoms with Crippen molar-refractivity contribution in [2.75, 3.05) is 4.90 Å². The van der Waals surface area contributed by atoms with E-state index in [0.717, 1.165) is 27.8 Å². The van der Waals surface area contributed by atoms with E-state index < -0.39 is 17.3 Å². The van der Waals surface area contributed by atoms with E-state index in [0.29, 0.717) is 12.1 Å². The second-order valence-electron chi connectivity index (χ2n) is 10.7. The van der Waals surface area contributed by atoms with Gasteiger partial charge in [-0.2, -0.15) is 5.10 Å². The van der Waals surface area contributed by atoms with Gasteiger partial charge in [0, 0.05) is 18.6 Å². The molecule has 2 bridgehead atoms. The molecule has 0 aromatic heterocycles. The largest absolute Gasteiger partial charge is 0.274 e. The molecule has 4 aliphatic rings. The molecule has 6 heteroatoms. The van der Waals surface area contributed by atoms with Crippen LogP contribution in [0.3, 0.4) is 0 Å². The number of carbonyl (C=O) groups is 3. The van der Waals surface area contributed by atoms with E-state index in [4.69, 9.17) is 0 Å². The van der Waals surface area contributed by atoms with Crippen molar-refractivity contribution in [1.82, 2.24) is 5.43 Å². The minimum Gasteiger partial charge on any atom is -0.274 e. The Kier molecular flexibility index (Phi) is 5.70. The van der Waals surface area contributed by atoms with Crippen molar-refractivity contribution < 1.29 is 14.4 Å². The van der Waals surface area contributed by atoms with Crippen LogP contribution in [-0.2, 0) is 26.2 Å². The molecule has 3 amide bonds. The zero-order chi connectivity index (χ0) is 27.3. The molecule has 0 unspecified atom stereocenters. The second kappa shape index (κ2) is 9.42. The predicted molar refractivity (Wildman–Crippen MR) is 153 cm³/mol. The van der Waals surface area contributed by atoms with Gasteiger partial charge >= 0.3 is 0 Å². The average Bonchev–Trinajstić information content (AvgIpc) is 3.28. The molecule has 1 saturated heterocycles. The summed E-state index contributed by atoms with van der Waals surface area (Å²) < 4.78 is 0. The first-order valence-electron chi connectivity index (χ1n) is 13.6. The highest BCUT2D eigenvalue weighted by atomic mass is 16.2. The number of nitrogens with one attached hydrogen (secondary N) is 1. The molecule has 1 fully saturated rings. The van der Waals surface area contributed by atoms with Crippen LogP contribution < -0.4 is 10.3 Å². The number of hydrogen-bond donors (Lipinski definition) is 1. The van der Waals surface area contributed by atoms with Crippen LogP contribution in [0.15, 0.2) is 114 Å². The highest BCUT2D eigenvalue weighted by Gasteiger charge is 2.68. The number of nitrogens with zero attached hydrogens (tertiary/aromatic N) is 2. The molecule has 6 nitrogen and oxygen atoms in total. The summed E-state index contributed by atoms with van der Waals surface area (Å²) in [4.78, 5) is 42.5. The van der Waals surface area contributed by atoms with Crippen molar-refractivity contribution >= 4 is 29.6 Å². The molecule has 2 atom stereocenters. The first-order valence-corrected chi connectivity index (χ1v) is 13.6. The first kappa shape index (κ1) is 24.2. The minimum absolute atomic E-state index is 0.195. The van der Waals surface area contributed by atoms with E-state index in [2.05, 4.69) is 22.7 Å². The highest BCUT2D eigenvalue weighted by Crippen LogP contribution is 2.63. The summed E-state index contributed by atoms with van der Waals surface area (Å²) in [7, 11) is 0. The number of amides is 3. The molecule has 4 aromatic carbocycles. The van der Waals surface area contributed by atoms with E-state index in [9.17, 15) is 14.4 Å². The Morgan fingerprint density at radius 1 is 0.775 bits per heavy atom. The fourth-order valence-corrected chi connectivity index (χ4v) is 7.05. The van der Waals surface area contributed by atoms with Crippen molar-refractivity contribution in [3.63, 3.8) is 0 Å². The van der Waals surface area contributed by atoms with Gasteiger partial charge in [0.1, 0.15) is 0 Å². The summed E-state index contributed by atoms with van der Waals surface area (Å²) in [5, 5.41) is 4.48. The molecular formula is C34H27N3O3. The standard InChI is InChI=1S/C34H27N3O3/c38-28(20-19-22-11-3-1-4-12-22)36-35-21-34-26-17-9-7-15-24(26)29(25-16-8-10-18-27(25)34)30-31(34)33(40)37(32(30)39)23-13-5-2-6-14-23/h1-18,21,29-31H,19-20H2,(H,36,38)/b35-21-/t29?,30-,31-,34?/m0/s1. The van der Waals surface area contributed by atoms with Crippen molar-refractivity contribution in [2.45, 2.75) is 24.2 Å². The van der Waals surface area contributed by atoms with Crippen molar-refractivity contribution in [3.05, 3.63) is 137 Å². The van der Waals surface area contributed by atoms with Crippen LogP contribution in [0, 0.1) is 11.8 Å². The van der Waals surface area contributed by atoms with Crippen LogP contribution >= 0.6 is 0 Å². The lowest BCUT2D eigenvalue weighted by molar-refractivity contribution is -0.123. The Hall–Kier alpha value is -4.84. The van der Waals surface area contributed by atoms with Crippen LogP contribution in [0.5, 0.6) is 0 Å². The maximum atomic E-state index is 14.3. The third kappa shape index (κ3) is 3.49. The molecule has 8 rings (SSSR count). The lowest BCUT2D eigenvalue weighted by Crippen LogP contribution is -2.54. The Bertz CT molecular complexity index is 1620. The molecule has 1 aliphatic heterocycles. The van der Waals surface area contributed by atoms with Gasteiger partial charge in [-0.15, -0.1) is 0 Å². The molecule has 4 aromatic rings. The Morgan fingerprint density at radius 3 is 2.00 bits per heavy atom. The van der Waals surface area contributed by atoms with Gasteiger partial charge in [-0.05, 0) is 46.4 Å². The number of benzene rings is 4. The van der Waals surface area contributed by atoms with Gasteiger partial charge in [0.15, 0.2) is 0 Å². The van der Waals surface area contributed by atoms with Gasteiger partial charge in [0.2, 0.25) is 17.7 Å². The van der Waals surface area contributed by atoms with E-state index in [1.807, 2.05) is 84.9 Å². The Balaban J connectivity index is 1.32. The van der Waals surface area contributed by atoms with Crippen LogP contribution in [-0.4, -0.2) is 23.9 Å². The van der Waals surface area contributed by atoms with Gasteiger partial charge in [-0.1, -0.05) is 97.1 Å². The number of imide groups is 1. The lowest BCUT2D eigenvalue weighted by Gasteiger charge is -2.52. The summed E-state index contributed by atoms with van der Waals surface area (Å²) in [6, 6.07) is 35.0. The normalized spacial score (nSPS) is 24.1. The quantitative estimate of drug-likeness (QED) is 0.219. The third-order valence-electron chi connectivity index (χ3n) is 8.64. The lowest BCUT2D eigenvalue weighted by atomic mass is 9.47. The zero-order valence-electron chi connectivity index (χ0n) is 21.7. The monoisotopic (exact) mass is 525 g/mol. The highest BCUT2D eigenvalue weighted by molar-refractivity contribution is 6.25. The zero-order valence-corrected chi connectivity index (χ0v) is 21.7. The molecule has 40 heavy (non-hydrogen) atoms. The van der Waals surface area contributed by atoms with Crippen LogP contribution in [0.4, 0.5) is 5.69 Å². The van der Waals surface area contributed by atoms with Crippen LogP contribution in [0.25, 0.3) is 0 Å². The fourth-order valence-electron chi connectivity index (χ4n) is 7.05. The molecule has 196 valence electrons. The minimum atomic E-state index is -1.00. The molecule has 0 saturated carbocycles. The summed E-state index contributed by atoms with van der Waals surface area (Å²) in [6.45, 7) is 0. The van der Waals surface area contributed by atoms with E-state index in [1.165, 1.54) is 4.90 Å². The number of anilines is 1. The van der Waals surface area contributed by atoms with Gasteiger partial charge in [0.05, 0.1) is 22.9 Å². The van der Waals surface area contributed by atoms with Gasteiger partial charge in [0.25, 0.3) is 0 Å². The molecule has 0 radical (unpaired) electrons. The maximum Gasteiger partial charge on any atom is 0.240 e. The Morgan fingerprint density at radius 2 is 1.35 bits per heavy atom. The summed E-state index contributed by atoms with van der Waals surface area (Å²) >= 11 is 0. The molecule has 3 aliphatic carbocycles. The second-order valence-corrected chi connectivity index (χ2v) is 10.7. The molecule has 1 heterocycles. The summed E-state index contributed by atoms with van der Waals surface area (Å²) in [5.41, 5.74) is 7.32. The number of aryl methyl sites for hydroxylation is 1. The SMILES string of the molecule is O=C(CCc1ccccc1)N/N=C\C12c3ccccc3C(c3ccccc31)[C@@H]1C(=O)N(c3ccccc3)C(=O)[C@H]12. The summed E-state index contributed by atoms with van der Waals surface area (Å²) in [6.07, 6.45) is 2.59. The number of hydrogen-bond acceptors (Lipinski definition) is 4. The van der Waals surface area contributed by atoms with E-state index in [-0.39, 0.29) is 30.1 Å². The number of rotatable bonds is 6. The maximum absolute atomic E-state index is 14.3. The number of hydrazone groups is 1. The topological polar surface area (TPSA) is 78.8 Å².